The average molecular weight is 314 g/mol. The van der Waals surface area contributed by atoms with E-state index in [9.17, 15) is 26.3 Å². The molecule has 0 spiro atoms. The summed E-state index contributed by atoms with van der Waals surface area (Å²) in [5.74, 6) is 0. The Bertz CT molecular complexity index is 461. The molecule has 0 saturated carbocycles. The molecule has 0 aliphatic rings. The Labute approximate surface area is 116 Å². The predicted octanol–water partition coefficient (Wildman–Crippen LogP) is 3.66. The van der Waals surface area contributed by atoms with Crippen LogP contribution in [0, 0.1) is 0 Å². The van der Waals surface area contributed by atoms with Crippen molar-refractivity contribution >= 4 is 6.08 Å². The van der Waals surface area contributed by atoms with Crippen LogP contribution in [0.3, 0.4) is 0 Å². The molecule has 21 heavy (non-hydrogen) atoms. The van der Waals surface area contributed by atoms with Crippen molar-refractivity contribution in [3.63, 3.8) is 0 Å². The molecule has 1 N–H and O–H groups in total. The van der Waals surface area contributed by atoms with E-state index in [1.54, 1.807) is 0 Å². The number of hydrogen-bond acceptors (Lipinski definition) is 2. The number of halogens is 6. The zero-order chi connectivity index (χ0) is 16.3. The maximum Gasteiger partial charge on any atom is 0.430 e. The normalized spacial score (nSPS) is 13.3. The fraction of sp³-hybridized carbons (Fsp3) is 0.385. The summed E-state index contributed by atoms with van der Waals surface area (Å²) in [7, 11) is 0. The zero-order valence-electron chi connectivity index (χ0n) is 10.6. The third-order valence-electron chi connectivity index (χ3n) is 2.76. The van der Waals surface area contributed by atoms with Crippen LogP contribution in [0.15, 0.2) is 30.8 Å². The summed E-state index contributed by atoms with van der Waals surface area (Å²) in [6.07, 6.45) is -10.2. The van der Waals surface area contributed by atoms with Crippen molar-refractivity contribution in [2.45, 2.75) is 18.0 Å². The van der Waals surface area contributed by atoms with Crippen molar-refractivity contribution < 1.29 is 36.2 Å². The molecule has 0 aliphatic heterocycles. The van der Waals surface area contributed by atoms with Gasteiger partial charge in [-0.25, -0.2) is 0 Å². The van der Waals surface area contributed by atoms with Crippen LogP contribution >= 0.6 is 0 Å². The maximum atomic E-state index is 13.1. The summed E-state index contributed by atoms with van der Waals surface area (Å²) >= 11 is 0. The molecule has 0 fully saturated rings. The first-order valence-electron chi connectivity index (χ1n) is 5.71. The topological polar surface area (TPSA) is 29.5 Å². The van der Waals surface area contributed by atoms with Gasteiger partial charge in [-0.3, -0.25) is 0 Å². The van der Waals surface area contributed by atoms with Crippen LogP contribution in [-0.4, -0.2) is 30.7 Å². The van der Waals surface area contributed by atoms with Gasteiger partial charge in [0.05, 0.1) is 13.2 Å². The van der Waals surface area contributed by atoms with Crippen molar-refractivity contribution in [3.8, 4) is 0 Å². The second kappa shape index (κ2) is 6.07. The summed E-state index contributed by atoms with van der Waals surface area (Å²) in [5, 5.41) is 8.52. The Morgan fingerprint density at radius 3 is 1.81 bits per heavy atom. The van der Waals surface area contributed by atoms with E-state index in [0.717, 1.165) is 12.1 Å². The Balaban J connectivity index is 3.49. The number of aliphatic hydroxyl groups excluding tert-OH is 1. The number of ether oxygens (including phenoxy) is 1. The molecule has 118 valence electrons. The van der Waals surface area contributed by atoms with Crippen molar-refractivity contribution in [3.05, 3.63) is 42.0 Å². The molecule has 0 radical (unpaired) electrons. The highest BCUT2D eigenvalue weighted by molar-refractivity contribution is 5.48. The van der Waals surface area contributed by atoms with E-state index in [2.05, 4.69) is 11.3 Å². The molecular formula is C13H12F6O2. The summed E-state index contributed by atoms with van der Waals surface area (Å²) in [5.41, 5.74) is -5.23. The van der Waals surface area contributed by atoms with Crippen molar-refractivity contribution in [1.82, 2.24) is 0 Å². The molecule has 8 heteroatoms. The van der Waals surface area contributed by atoms with E-state index in [1.807, 2.05) is 0 Å². The quantitative estimate of drug-likeness (QED) is 0.841. The number of hydrogen-bond donors (Lipinski definition) is 1. The largest absolute Gasteiger partial charge is 0.430 e. The van der Waals surface area contributed by atoms with Crippen molar-refractivity contribution in [2.24, 2.45) is 0 Å². The lowest BCUT2D eigenvalue weighted by Gasteiger charge is -2.37. The Hall–Kier alpha value is -1.54. The minimum atomic E-state index is -5.74. The Morgan fingerprint density at radius 2 is 1.48 bits per heavy atom. The van der Waals surface area contributed by atoms with Crippen LogP contribution in [0.2, 0.25) is 0 Å². The molecule has 1 aromatic carbocycles. The van der Waals surface area contributed by atoms with Gasteiger partial charge in [-0.1, -0.05) is 36.9 Å². The van der Waals surface area contributed by atoms with E-state index < -0.39 is 36.7 Å². The van der Waals surface area contributed by atoms with Gasteiger partial charge < -0.3 is 9.84 Å². The van der Waals surface area contributed by atoms with Gasteiger partial charge in [0, 0.05) is 5.56 Å². The molecule has 0 heterocycles. The minimum Gasteiger partial charge on any atom is -0.394 e. The van der Waals surface area contributed by atoms with Crippen molar-refractivity contribution in [1.29, 1.82) is 0 Å². The second-order valence-electron chi connectivity index (χ2n) is 4.07. The van der Waals surface area contributed by atoms with Gasteiger partial charge in [0.2, 0.25) is 0 Å². The molecule has 0 bridgehead atoms. The zero-order valence-corrected chi connectivity index (χ0v) is 10.6. The molecule has 1 aromatic rings. The van der Waals surface area contributed by atoms with Crippen LogP contribution in [0.1, 0.15) is 11.1 Å². The van der Waals surface area contributed by atoms with E-state index >= 15 is 0 Å². The number of benzene rings is 1. The minimum absolute atomic E-state index is 0.360. The van der Waals surface area contributed by atoms with E-state index in [4.69, 9.17) is 5.11 Å². The summed E-state index contributed by atoms with van der Waals surface area (Å²) in [6, 6.07) is 3.48. The average Bonchev–Trinajstić information content (AvgIpc) is 2.37. The van der Waals surface area contributed by atoms with Crippen LogP contribution in [-0.2, 0) is 10.3 Å². The standard InChI is InChI=1S/C13H12F6O2/c1-2-9-3-5-10(6-4-9)11(12(14,15)16,13(17,18)19)21-8-7-20/h2-6,20H,1,7-8H2. The van der Waals surface area contributed by atoms with Crippen molar-refractivity contribution in [2.75, 3.05) is 13.2 Å². The fourth-order valence-corrected chi connectivity index (χ4v) is 1.79. The van der Waals surface area contributed by atoms with E-state index in [-0.39, 0.29) is 0 Å². The number of alkyl halides is 6. The van der Waals surface area contributed by atoms with Gasteiger partial charge in [-0.05, 0) is 5.56 Å². The first-order valence-corrected chi connectivity index (χ1v) is 5.71. The van der Waals surface area contributed by atoms with Crippen LogP contribution < -0.4 is 0 Å². The summed E-state index contributed by atoms with van der Waals surface area (Å²) in [4.78, 5) is 0. The lowest BCUT2D eigenvalue weighted by atomic mass is 9.91. The summed E-state index contributed by atoms with van der Waals surface area (Å²) < 4.78 is 82.7. The highest BCUT2D eigenvalue weighted by atomic mass is 19.4. The number of rotatable bonds is 5. The summed E-state index contributed by atoms with van der Waals surface area (Å²) in [6.45, 7) is 1.28. The maximum absolute atomic E-state index is 13.1. The fourth-order valence-electron chi connectivity index (χ4n) is 1.79. The molecular weight excluding hydrogens is 302 g/mol. The molecule has 1 rings (SSSR count). The number of aliphatic hydroxyl groups is 1. The molecule has 0 unspecified atom stereocenters. The van der Waals surface area contributed by atoms with Crippen LogP contribution in [0.4, 0.5) is 26.3 Å². The van der Waals surface area contributed by atoms with Gasteiger partial charge in [0.1, 0.15) is 0 Å². The Kier molecular flexibility index (Phi) is 5.06. The van der Waals surface area contributed by atoms with Gasteiger partial charge in [0.25, 0.3) is 5.60 Å². The van der Waals surface area contributed by atoms with Crippen LogP contribution in [0.5, 0.6) is 0 Å². The highest BCUT2D eigenvalue weighted by Gasteiger charge is 2.73. The third kappa shape index (κ3) is 3.21. The second-order valence-corrected chi connectivity index (χ2v) is 4.07. The SMILES string of the molecule is C=Cc1ccc(C(OCCO)(C(F)(F)F)C(F)(F)F)cc1. The molecule has 0 atom stereocenters. The lowest BCUT2D eigenvalue weighted by molar-refractivity contribution is -0.390. The lowest BCUT2D eigenvalue weighted by Crippen LogP contribution is -2.56. The van der Waals surface area contributed by atoms with Gasteiger partial charge in [-0.15, -0.1) is 0 Å². The molecule has 0 aromatic heterocycles. The third-order valence-corrected chi connectivity index (χ3v) is 2.76. The van der Waals surface area contributed by atoms with Gasteiger partial charge in [0.15, 0.2) is 0 Å². The molecule has 2 nitrogen and oxygen atoms in total. The smallest absolute Gasteiger partial charge is 0.394 e. The first kappa shape index (κ1) is 17.5. The van der Waals surface area contributed by atoms with E-state index in [0.29, 0.717) is 17.7 Å². The van der Waals surface area contributed by atoms with Gasteiger partial charge in [-0.2, -0.15) is 26.3 Å². The Morgan fingerprint density at radius 1 is 1.00 bits per heavy atom. The van der Waals surface area contributed by atoms with E-state index in [1.165, 1.54) is 6.08 Å². The van der Waals surface area contributed by atoms with Gasteiger partial charge >= 0.3 is 12.4 Å². The van der Waals surface area contributed by atoms with Crippen LogP contribution in [0.25, 0.3) is 6.08 Å². The highest BCUT2D eigenvalue weighted by Crippen LogP contribution is 2.52. The molecule has 0 aliphatic carbocycles. The predicted molar refractivity (Wildman–Crippen MR) is 63.4 cm³/mol. The molecule has 0 amide bonds. The first-order chi connectivity index (χ1) is 9.60. The molecule has 0 saturated heterocycles. The monoisotopic (exact) mass is 314 g/mol.